The molecule has 2 aromatic rings. The average molecular weight is 456 g/mol. The van der Waals surface area contributed by atoms with Crippen LogP contribution in [0, 0.1) is 0 Å². The number of ether oxygens (including phenoxy) is 1. The van der Waals surface area contributed by atoms with Crippen molar-refractivity contribution in [3.8, 4) is 5.75 Å². The minimum absolute atomic E-state index is 0.0662. The molecule has 2 aromatic carbocycles. The van der Waals surface area contributed by atoms with Crippen LogP contribution in [0.1, 0.15) is 30.4 Å². The van der Waals surface area contributed by atoms with Crippen LogP contribution in [-0.2, 0) is 16.1 Å². The number of carbonyl (C=O) groups excluding carboxylic acids is 2. The van der Waals surface area contributed by atoms with Crippen LogP contribution in [0.25, 0.3) is 0 Å². The second kappa shape index (κ2) is 9.13. The lowest BCUT2D eigenvalue weighted by atomic mass is 10.0. The Labute approximate surface area is 192 Å². The largest absolute Gasteiger partial charge is 0.497 e. The maximum Gasteiger partial charge on any atom is 0.254 e. The molecule has 3 N–H and O–H groups in total. The van der Waals surface area contributed by atoms with E-state index in [0.717, 1.165) is 16.9 Å². The minimum Gasteiger partial charge on any atom is -0.497 e. The maximum atomic E-state index is 13.1. The van der Waals surface area contributed by atoms with E-state index in [-0.39, 0.29) is 23.7 Å². The van der Waals surface area contributed by atoms with E-state index in [0.29, 0.717) is 18.8 Å². The van der Waals surface area contributed by atoms with Gasteiger partial charge in [-0.1, -0.05) is 42.5 Å². The van der Waals surface area contributed by atoms with Crippen molar-refractivity contribution < 1.29 is 19.4 Å². The van der Waals surface area contributed by atoms with E-state index >= 15 is 0 Å². The number of carbonyl (C=O) groups is 2. The number of benzene rings is 2. The fourth-order valence-corrected chi connectivity index (χ4v) is 5.18. The summed E-state index contributed by atoms with van der Waals surface area (Å²) in [5.74, 6) is 0.386. The third-order valence-corrected chi connectivity index (χ3v) is 7.57. The highest BCUT2D eigenvalue weighted by Gasteiger charge is 2.59. The van der Waals surface area contributed by atoms with Crippen LogP contribution >= 0.6 is 11.8 Å². The first-order valence-electron chi connectivity index (χ1n) is 10.7. The average Bonchev–Trinajstić information content (AvgIpc) is 3.54. The molecule has 1 saturated carbocycles. The monoisotopic (exact) mass is 455 g/mol. The van der Waals surface area contributed by atoms with Gasteiger partial charge in [0.15, 0.2) is 6.10 Å². The molecule has 4 rings (SSSR count). The molecule has 4 atom stereocenters. The molecule has 1 aliphatic carbocycles. The van der Waals surface area contributed by atoms with Crippen LogP contribution in [0.4, 0.5) is 0 Å². The molecule has 170 valence electrons. The van der Waals surface area contributed by atoms with Crippen molar-refractivity contribution in [3.05, 3.63) is 65.7 Å². The van der Waals surface area contributed by atoms with Gasteiger partial charge >= 0.3 is 0 Å². The smallest absolute Gasteiger partial charge is 0.254 e. The summed E-state index contributed by atoms with van der Waals surface area (Å²) in [6, 6.07) is 17.3. The SMILES string of the molecule is COc1ccc(CN2C(=O)CN(C(=O)[C@@H](O)[C@@]3(N)C[C@H]3c3ccccc3)CSC2C)cc1. The molecule has 0 aromatic heterocycles. The zero-order valence-electron chi connectivity index (χ0n) is 18.3. The summed E-state index contributed by atoms with van der Waals surface area (Å²) in [7, 11) is 1.61. The molecule has 2 aliphatic rings. The molecular weight excluding hydrogens is 426 g/mol. The van der Waals surface area contributed by atoms with E-state index in [1.54, 1.807) is 12.0 Å². The van der Waals surface area contributed by atoms with Gasteiger partial charge in [-0.25, -0.2) is 0 Å². The van der Waals surface area contributed by atoms with Gasteiger partial charge in [-0.05, 0) is 36.6 Å². The standard InChI is InChI=1S/C24H29N3O4S/c1-16-27(13-17-8-10-19(31-2)11-9-17)21(28)14-26(15-32-16)23(30)22(29)24(25)12-20(24)18-6-4-3-5-7-18/h3-11,16,20,22,29H,12-15,25H2,1-2H3/t16?,20-,22+,24+/m0/s1. The van der Waals surface area contributed by atoms with Crippen LogP contribution in [0.2, 0.25) is 0 Å². The van der Waals surface area contributed by atoms with Crippen LogP contribution in [0.15, 0.2) is 54.6 Å². The zero-order chi connectivity index (χ0) is 22.9. The van der Waals surface area contributed by atoms with Crippen molar-refractivity contribution >= 4 is 23.6 Å². The molecule has 1 unspecified atom stereocenters. The lowest BCUT2D eigenvalue weighted by molar-refractivity contribution is -0.146. The summed E-state index contributed by atoms with van der Waals surface area (Å²) in [6.07, 6.45) is -0.802. The summed E-state index contributed by atoms with van der Waals surface area (Å²) in [4.78, 5) is 29.3. The van der Waals surface area contributed by atoms with E-state index in [4.69, 9.17) is 10.5 Å². The molecule has 2 amide bonds. The second-order valence-corrected chi connectivity index (χ2v) is 9.76. The molecule has 0 spiro atoms. The van der Waals surface area contributed by atoms with E-state index in [2.05, 4.69) is 0 Å². The lowest BCUT2D eigenvalue weighted by Crippen LogP contribution is -2.52. The molecule has 1 heterocycles. The number of aliphatic hydroxyl groups excluding tert-OH is 1. The fraction of sp³-hybridized carbons (Fsp3) is 0.417. The highest BCUT2D eigenvalue weighted by atomic mass is 32.2. The molecule has 2 fully saturated rings. The van der Waals surface area contributed by atoms with Gasteiger partial charge in [0.25, 0.3) is 5.91 Å². The highest BCUT2D eigenvalue weighted by Crippen LogP contribution is 2.52. The van der Waals surface area contributed by atoms with Crippen LogP contribution < -0.4 is 10.5 Å². The predicted molar refractivity (Wildman–Crippen MR) is 124 cm³/mol. The Kier molecular flexibility index (Phi) is 6.46. The Balaban J connectivity index is 1.42. The number of aliphatic hydroxyl groups is 1. The number of nitrogens with two attached hydrogens (primary N) is 1. The first-order chi connectivity index (χ1) is 15.3. The van der Waals surface area contributed by atoms with Gasteiger partial charge < -0.3 is 25.4 Å². The first-order valence-corrected chi connectivity index (χ1v) is 11.7. The van der Waals surface area contributed by atoms with Crippen molar-refractivity contribution in [3.63, 3.8) is 0 Å². The highest BCUT2D eigenvalue weighted by molar-refractivity contribution is 7.99. The van der Waals surface area contributed by atoms with Gasteiger partial charge in [0, 0.05) is 12.5 Å². The Morgan fingerprint density at radius 1 is 1.25 bits per heavy atom. The van der Waals surface area contributed by atoms with E-state index in [1.807, 2.05) is 61.5 Å². The zero-order valence-corrected chi connectivity index (χ0v) is 19.1. The van der Waals surface area contributed by atoms with Crippen LogP contribution in [0.3, 0.4) is 0 Å². The van der Waals surface area contributed by atoms with Gasteiger partial charge in [-0.15, -0.1) is 11.8 Å². The fourth-order valence-electron chi connectivity index (χ4n) is 4.19. The number of methoxy groups -OCH3 is 1. The number of hydrogen-bond acceptors (Lipinski definition) is 6. The Morgan fingerprint density at radius 2 is 1.94 bits per heavy atom. The normalized spacial score (nSPS) is 26.4. The van der Waals surface area contributed by atoms with Crippen molar-refractivity contribution in [2.24, 2.45) is 5.73 Å². The molecule has 0 bridgehead atoms. The number of nitrogens with zero attached hydrogens (tertiary/aromatic N) is 2. The molecule has 1 aliphatic heterocycles. The predicted octanol–water partition coefficient (Wildman–Crippen LogP) is 2.15. The Hall–Kier alpha value is -2.55. The lowest BCUT2D eigenvalue weighted by Gasteiger charge is -2.27. The van der Waals surface area contributed by atoms with Gasteiger partial charge in [-0.2, -0.15) is 0 Å². The van der Waals surface area contributed by atoms with E-state index in [9.17, 15) is 14.7 Å². The minimum atomic E-state index is -1.34. The number of thioether (sulfide) groups is 1. The molecule has 7 nitrogen and oxygen atoms in total. The number of hydrogen-bond donors (Lipinski definition) is 2. The second-order valence-electron chi connectivity index (χ2n) is 8.48. The quantitative estimate of drug-likeness (QED) is 0.693. The Morgan fingerprint density at radius 3 is 2.59 bits per heavy atom. The van der Waals surface area contributed by atoms with Crippen molar-refractivity contribution in [1.82, 2.24) is 9.80 Å². The van der Waals surface area contributed by atoms with Crippen molar-refractivity contribution in [2.45, 2.75) is 42.8 Å². The number of rotatable bonds is 6. The van der Waals surface area contributed by atoms with E-state index < -0.39 is 17.6 Å². The third-order valence-electron chi connectivity index (χ3n) is 6.37. The molecule has 8 heteroatoms. The summed E-state index contributed by atoms with van der Waals surface area (Å²) in [6.45, 7) is 2.32. The molecular formula is C24H29N3O4S. The van der Waals surface area contributed by atoms with Crippen molar-refractivity contribution in [2.75, 3.05) is 19.5 Å². The van der Waals surface area contributed by atoms with Crippen molar-refractivity contribution in [1.29, 1.82) is 0 Å². The summed E-state index contributed by atoms with van der Waals surface area (Å²) >= 11 is 1.49. The van der Waals surface area contributed by atoms with Crippen LogP contribution in [-0.4, -0.2) is 63.3 Å². The molecule has 32 heavy (non-hydrogen) atoms. The molecule has 0 radical (unpaired) electrons. The number of amides is 2. The van der Waals surface area contributed by atoms with E-state index in [1.165, 1.54) is 16.7 Å². The third kappa shape index (κ3) is 4.48. The van der Waals surface area contributed by atoms with Crippen LogP contribution in [0.5, 0.6) is 5.75 Å². The summed E-state index contributed by atoms with van der Waals surface area (Å²) < 4.78 is 5.19. The Bertz CT molecular complexity index is 971. The summed E-state index contributed by atoms with van der Waals surface area (Å²) in [5.41, 5.74) is 7.42. The van der Waals surface area contributed by atoms with Gasteiger partial charge in [0.05, 0.1) is 23.9 Å². The first kappa shape index (κ1) is 22.6. The summed E-state index contributed by atoms with van der Waals surface area (Å²) in [5, 5.41) is 10.7. The molecule has 1 saturated heterocycles. The van der Waals surface area contributed by atoms with Gasteiger partial charge in [0.1, 0.15) is 12.3 Å². The maximum absolute atomic E-state index is 13.1. The van der Waals surface area contributed by atoms with Gasteiger partial charge in [0.2, 0.25) is 5.91 Å². The van der Waals surface area contributed by atoms with Gasteiger partial charge in [-0.3, -0.25) is 9.59 Å². The topological polar surface area (TPSA) is 96.1 Å².